The van der Waals surface area contributed by atoms with Crippen molar-refractivity contribution in [3.05, 3.63) is 0 Å². The number of rotatable bonds is 4. The van der Waals surface area contributed by atoms with E-state index in [0.29, 0.717) is 12.5 Å². The fourth-order valence-electron chi connectivity index (χ4n) is 3.81. The minimum Gasteiger partial charge on any atom is -0.356 e. The fraction of sp³-hybridized carbons (Fsp3) is 0.882. The number of piperidine rings is 1. The van der Waals surface area contributed by atoms with Gasteiger partial charge in [0.2, 0.25) is 11.8 Å². The smallest absolute Gasteiger partial charge is 0.225 e. The van der Waals surface area contributed by atoms with Crippen molar-refractivity contribution in [2.24, 2.45) is 23.5 Å². The van der Waals surface area contributed by atoms with Gasteiger partial charge in [0, 0.05) is 31.6 Å². The normalized spacial score (nSPS) is 31.2. The highest BCUT2D eigenvalue weighted by Gasteiger charge is 2.34. The highest BCUT2D eigenvalue weighted by atomic mass is 35.5. The zero-order valence-electron chi connectivity index (χ0n) is 13.8. The van der Waals surface area contributed by atoms with Crippen LogP contribution in [0.4, 0.5) is 0 Å². The lowest BCUT2D eigenvalue weighted by Gasteiger charge is -2.36. The average Bonchev–Trinajstić information content (AvgIpc) is 3.36. The summed E-state index contributed by atoms with van der Waals surface area (Å²) in [5.74, 6) is 1.14. The van der Waals surface area contributed by atoms with Crippen molar-refractivity contribution < 1.29 is 9.59 Å². The predicted molar refractivity (Wildman–Crippen MR) is 92.2 cm³/mol. The number of halogens is 1. The van der Waals surface area contributed by atoms with E-state index in [1.807, 2.05) is 4.90 Å². The number of carbonyl (C=O) groups is 2. The van der Waals surface area contributed by atoms with Crippen LogP contribution in [0.15, 0.2) is 0 Å². The number of nitrogens with two attached hydrogens (primary N) is 1. The Bertz CT molecular complexity index is 428. The van der Waals surface area contributed by atoms with Crippen LogP contribution in [-0.4, -0.2) is 42.4 Å². The van der Waals surface area contributed by atoms with Gasteiger partial charge in [0.15, 0.2) is 0 Å². The molecule has 0 aromatic carbocycles. The third kappa shape index (κ3) is 5.08. The van der Waals surface area contributed by atoms with Crippen molar-refractivity contribution >= 4 is 24.2 Å². The Morgan fingerprint density at radius 3 is 2.48 bits per heavy atom. The molecule has 3 N–H and O–H groups in total. The summed E-state index contributed by atoms with van der Waals surface area (Å²) in [6.45, 7) is 2.22. The summed E-state index contributed by atoms with van der Waals surface area (Å²) in [7, 11) is 0. The summed E-state index contributed by atoms with van der Waals surface area (Å²) in [5, 5.41) is 3.06. The van der Waals surface area contributed by atoms with Gasteiger partial charge in [0.25, 0.3) is 0 Å². The molecule has 0 radical (unpaired) electrons. The van der Waals surface area contributed by atoms with E-state index < -0.39 is 0 Å². The number of hydrogen-bond acceptors (Lipinski definition) is 3. The van der Waals surface area contributed by atoms with Gasteiger partial charge in [-0.05, 0) is 50.9 Å². The first-order valence-electron chi connectivity index (χ1n) is 8.95. The quantitative estimate of drug-likeness (QED) is 0.815. The molecule has 3 aliphatic rings. The molecule has 0 aromatic heterocycles. The lowest BCUT2D eigenvalue weighted by Crippen LogP contribution is -2.48. The molecule has 3 fully saturated rings. The Hall–Kier alpha value is -0.810. The zero-order valence-corrected chi connectivity index (χ0v) is 14.7. The number of nitrogens with zero attached hydrogens (tertiary/aromatic N) is 1. The molecule has 2 saturated carbocycles. The summed E-state index contributed by atoms with van der Waals surface area (Å²) < 4.78 is 0. The van der Waals surface area contributed by atoms with Crippen molar-refractivity contribution in [1.29, 1.82) is 0 Å². The van der Waals surface area contributed by atoms with Gasteiger partial charge in [-0.25, -0.2) is 0 Å². The maximum absolute atomic E-state index is 12.7. The van der Waals surface area contributed by atoms with Gasteiger partial charge in [0.1, 0.15) is 0 Å². The Labute approximate surface area is 145 Å². The molecule has 0 bridgehead atoms. The summed E-state index contributed by atoms with van der Waals surface area (Å²) in [6, 6.07) is 0.171. The summed E-state index contributed by atoms with van der Waals surface area (Å²) >= 11 is 0. The van der Waals surface area contributed by atoms with Gasteiger partial charge < -0.3 is 16.0 Å². The fourth-order valence-corrected chi connectivity index (χ4v) is 3.81. The van der Waals surface area contributed by atoms with E-state index in [9.17, 15) is 9.59 Å². The van der Waals surface area contributed by atoms with Gasteiger partial charge >= 0.3 is 0 Å². The number of nitrogens with one attached hydrogen (secondary N) is 1. The van der Waals surface area contributed by atoms with Crippen LogP contribution in [0, 0.1) is 17.8 Å². The molecule has 3 unspecified atom stereocenters. The standard InChI is InChI=1S/C17H29N3O2.ClH/c18-15-5-1-3-13(9-15)17(22)20-8-2-4-14(11-20)16(21)19-10-12-6-7-12;/h12-15H,1-11,18H2,(H,19,21);1H. The van der Waals surface area contributed by atoms with Crippen LogP contribution in [0.1, 0.15) is 51.4 Å². The Kier molecular flexibility index (Phi) is 6.72. The van der Waals surface area contributed by atoms with Crippen LogP contribution in [-0.2, 0) is 9.59 Å². The van der Waals surface area contributed by atoms with Crippen molar-refractivity contribution in [3.8, 4) is 0 Å². The third-order valence-electron chi connectivity index (χ3n) is 5.43. The summed E-state index contributed by atoms with van der Waals surface area (Å²) in [6.07, 6.45) is 8.20. The van der Waals surface area contributed by atoms with Crippen LogP contribution in [0.25, 0.3) is 0 Å². The lowest BCUT2D eigenvalue weighted by molar-refractivity contribution is -0.140. The minimum atomic E-state index is -0.0197. The van der Waals surface area contributed by atoms with Gasteiger partial charge in [-0.3, -0.25) is 9.59 Å². The Morgan fingerprint density at radius 2 is 1.78 bits per heavy atom. The molecule has 3 atom stereocenters. The first-order valence-corrected chi connectivity index (χ1v) is 8.95. The van der Waals surface area contributed by atoms with Crippen molar-refractivity contribution in [3.63, 3.8) is 0 Å². The van der Waals surface area contributed by atoms with E-state index in [-0.39, 0.29) is 42.1 Å². The Morgan fingerprint density at radius 1 is 1.04 bits per heavy atom. The highest BCUT2D eigenvalue weighted by Crippen LogP contribution is 2.29. The van der Waals surface area contributed by atoms with E-state index in [1.54, 1.807) is 0 Å². The highest BCUT2D eigenvalue weighted by molar-refractivity contribution is 5.85. The van der Waals surface area contributed by atoms with Crippen LogP contribution in [0.5, 0.6) is 0 Å². The second-order valence-electron chi connectivity index (χ2n) is 7.44. The van der Waals surface area contributed by atoms with Crippen LogP contribution < -0.4 is 11.1 Å². The molecule has 6 heteroatoms. The molecule has 2 amide bonds. The maximum Gasteiger partial charge on any atom is 0.225 e. The van der Waals surface area contributed by atoms with Crippen LogP contribution in [0.2, 0.25) is 0 Å². The molecular weight excluding hydrogens is 314 g/mol. The van der Waals surface area contributed by atoms with E-state index in [0.717, 1.165) is 51.6 Å². The molecule has 0 spiro atoms. The molecule has 1 aliphatic heterocycles. The van der Waals surface area contributed by atoms with E-state index >= 15 is 0 Å². The van der Waals surface area contributed by atoms with Crippen LogP contribution >= 0.6 is 12.4 Å². The molecule has 1 heterocycles. The van der Waals surface area contributed by atoms with Crippen molar-refractivity contribution in [2.45, 2.75) is 57.4 Å². The topological polar surface area (TPSA) is 75.4 Å². The van der Waals surface area contributed by atoms with Gasteiger partial charge in [-0.2, -0.15) is 0 Å². The first kappa shape index (κ1) is 18.5. The Balaban J connectivity index is 0.00000192. The largest absolute Gasteiger partial charge is 0.356 e. The molecule has 1 saturated heterocycles. The summed E-state index contributed by atoms with van der Waals surface area (Å²) in [4.78, 5) is 26.9. The monoisotopic (exact) mass is 343 g/mol. The third-order valence-corrected chi connectivity index (χ3v) is 5.43. The first-order chi connectivity index (χ1) is 10.6. The van der Waals surface area contributed by atoms with Crippen molar-refractivity contribution in [2.75, 3.05) is 19.6 Å². The molecule has 2 aliphatic carbocycles. The SMILES string of the molecule is Cl.NC1CCCC(C(=O)N2CCCC(C(=O)NCC3CC3)C2)C1. The van der Waals surface area contributed by atoms with Gasteiger partial charge in [-0.1, -0.05) is 6.42 Å². The zero-order chi connectivity index (χ0) is 15.5. The van der Waals surface area contributed by atoms with Crippen molar-refractivity contribution in [1.82, 2.24) is 10.2 Å². The second-order valence-corrected chi connectivity index (χ2v) is 7.44. The lowest BCUT2D eigenvalue weighted by atomic mass is 9.84. The molecule has 0 aromatic rings. The number of likely N-dealkylation sites (tertiary alicyclic amines) is 1. The maximum atomic E-state index is 12.7. The summed E-state index contributed by atoms with van der Waals surface area (Å²) in [5.41, 5.74) is 6.01. The van der Waals surface area contributed by atoms with E-state index in [4.69, 9.17) is 5.73 Å². The average molecular weight is 344 g/mol. The molecular formula is C17H30ClN3O2. The molecule has 5 nitrogen and oxygen atoms in total. The number of hydrogen-bond donors (Lipinski definition) is 2. The van der Waals surface area contributed by atoms with Gasteiger partial charge in [-0.15, -0.1) is 12.4 Å². The molecule has 132 valence electrons. The number of amides is 2. The second kappa shape index (κ2) is 8.34. The molecule has 23 heavy (non-hydrogen) atoms. The minimum absolute atomic E-state index is 0. The number of carbonyl (C=O) groups excluding carboxylic acids is 2. The predicted octanol–water partition coefficient (Wildman–Crippen LogP) is 1.69. The van der Waals surface area contributed by atoms with E-state index in [2.05, 4.69) is 5.32 Å². The van der Waals surface area contributed by atoms with Crippen LogP contribution in [0.3, 0.4) is 0 Å². The van der Waals surface area contributed by atoms with E-state index in [1.165, 1.54) is 12.8 Å². The molecule has 3 rings (SSSR count). The van der Waals surface area contributed by atoms with Gasteiger partial charge in [0.05, 0.1) is 5.92 Å².